The van der Waals surface area contributed by atoms with E-state index in [2.05, 4.69) is 10.3 Å². The van der Waals surface area contributed by atoms with E-state index in [1.165, 1.54) is 0 Å². The van der Waals surface area contributed by atoms with E-state index < -0.39 is 0 Å². The number of nitrogens with zero attached hydrogens (tertiary/aromatic N) is 2. The average Bonchev–Trinajstić information content (AvgIpc) is 2.69. The molecule has 1 fully saturated rings. The van der Waals surface area contributed by atoms with Crippen molar-refractivity contribution in [1.29, 1.82) is 0 Å². The molecule has 0 spiro atoms. The number of aromatic nitrogens is 1. The summed E-state index contributed by atoms with van der Waals surface area (Å²) in [7, 11) is 0. The zero-order valence-electron chi connectivity index (χ0n) is 14.6. The van der Waals surface area contributed by atoms with Crippen LogP contribution in [0.25, 0.3) is 0 Å². The van der Waals surface area contributed by atoms with Crippen LogP contribution < -0.4 is 5.32 Å². The predicted molar refractivity (Wildman–Crippen MR) is 96.6 cm³/mol. The van der Waals surface area contributed by atoms with Gasteiger partial charge in [0.15, 0.2) is 0 Å². The smallest absolute Gasteiger partial charge is 0.338 e. The number of carbonyl (C=O) groups is 2. The van der Waals surface area contributed by atoms with Gasteiger partial charge in [0.05, 0.1) is 25.4 Å². The van der Waals surface area contributed by atoms with Crippen molar-refractivity contribution in [2.75, 3.05) is 38.2 Å². The van der Waals surface area contributed by atoms with Crippen molar-refractivity contribution in [3.05, 3.63) is 53.7 Å². The largest absolute Gasteiger partial charge is 0.462 e. The Morgan fingerprint density at radius 3 is 2.58 bits per heavy atom. The molecule has 0 aliphatic carbocycles. The minimum atomic E-state index is -0.352. The van der Waals surface area contributed by atoms with Gasteiger partial charge in [-0.1, -0.05) is 0 Å². The Kier molecular flexibility index (Phi) is 5.80. The van der Waals surface area contributed by atoms with Crippen LogP contribution in [0.1, 0.15) is 27.6 Å². The molecular formula is C19H21N3O4. The lowest BCUT2D eigenvalue weighted by Crippen LogP contribution is -2.40. The van der Waals surface area contributed by atoms with Crippen molar-refractivity contribution < 1.29 is 19.1 Å². The molecule has 0 bridgehead atoms. The molecule has 1 saturated heterocycles. The molecular weight excluding hydrogens is 334 g/mol. The van der Waals surface area contributed by atoms with Crippen LogP contribution in [-0.2, 0) is 9.47 Å². The molecule has 3 rings (SSSR count). The summed E-state index contributed by atoms with van der Waals surface area (Å²) in [5.41, 5.74) is 1.83. The highest BCUT2D eigenvalue weighted by molar-refractivity contribution is 5.95. The first kappa shape index (κ1) is 17.9. The molecule has 0 saturated carbocycles. The summed E-state index contributed by atoms with van der Waals surface area (Å²) < 4.78 is 10.2. The third-order valence-corrected chi connectivity index (χ3v) is 3.97. The molecule has 136 valence electrons. The fourth-order valence-electron chi connectivity index (χ4n) is 2.63. The van der Waals surface area contributed by atoms with Crippen LogP contribution in [0.15, 0.2) is 42.6 Å². The minimum Gasteiger partial charge on any atom is -0.462 e. The Bertz CT molecular complexity index is 771. The van der Waals surface area contributed by atoms with Crippen molar-refractivity contribution in [3.8, 4) is 0 Å². The molecule has 0 atom stereocenters. The van der Waals surface area contributed by atoms with Crippen molar-refractivity contribution >= 4 is 23.4 Å². The van der Waals surface area contributed by atoms with Crippen molar-refractivity contribution in [3.63, 3.8) is 0 Å². The summed E-state index contributed by atoms with van der Waals surface area (Å²) in [4.78, 5) is 30.3. The molecule has 1 amide bonds. The van der Waals surface area contributed by atoms with Crippen molar-refractivity contribution in [2.24, 2.45) is 0 Å². The number of anilines is 2. The van der Waals surface area contributed by atoms with E-state index in [0.29, 0.717) is 49.9 Å². The van der Waals surface area contributed by atoms with Crippen LogP contribution in [0.5, 0.6) is 0 Å². The molecule has 1 aliphatic rings. The van der Waals surface area contributed by atoms with Gasteiger partial charge < -0.3 is 19.7 Å². The quantitative estimate of drug-likeness (QED) is 0.830. The lowest BCUT2D eigenvalue weighted by atomic mass is 10.2. The van der Waals surface area contributed by atoms with Gasteiger partial charge in [-0.3, -0.25) is 4.79 Å². The topological polar surface area (TPSA) is 80.8 Å². The monoisotopic (exact) mass is 355 g/mol. The second-order valence-corrected chi connectivity index (χ2v) is 5.76. The van der Waals surface area contributed by atoms with Gasteiger partial charge in [0.25, 0.3) is 5.91 Å². The highest BCUT2D eigenvalue weighted by Crippen LogP contribution is 2.18. The molecule has 2 heterocycles. The molecule has 7 nitrogen and oxygen atoms in total. The standard InChI is InChI=1S/C19H21N3O4/c1-2-26-19(24)14-3-5-16(6-4-14)21-17-13-15(7-8-20-17)18(23)22-9-11-25-12-10-22/h3-8,13H,2,9-12H2,1H3,(H,20,21). The molecule has 1 aliphatic heterocycles. The fraction of sp³-hybridized carbons (Fsp3) is 0.316. The van der Waals surface area contributed by atoms with E-state index in [0.717, 1.165) is 5.69 Å². The second kappa shape index (κ2) is 8.44. The number of nitrogens with one attached hydrogen (secondary N) is 1. The Morgan fingerprint density at radius 1 is 1.15 bits per heavy atom. The summed E-state index contributed by atoms with van der Waals surface area (Å²) in [6.45, 7) is 4.43. The van der Waals surface area contributed by atoms with Gasteiger partial charge in [0.2, 0.25) is 0 Å². The van der Waals surface area contributed by atoms with Crippen LogP contribution in [0.4, 0.5) is 11.5 Å². The van der Waals surface area contributed by atoms with Gasteiger partial charge in [0.1, 0.15) is 5.82 Å². The molecule has 7 heteroatoms. The van der Waals surface area contributed by atoms with E-state index in [1.54, 1.807) is 54.4 Å². The van der Waals surface area contributed by atoms with Crippen molar-refractivity contribution in [2.45, 2.75) is 6.92 Å². The number of benzene rings is 1. The van der Waals surface area contributed by atoms with Gasteiger partial charge in [-0.15, -0.1) is 0 Å². The zero-order chi connectivity index (χ0) is 18.4. The van der Waals surface area contributed by atoms with Crippen LogP contribution in [0.3, 0.4) is 0 Å². The van der Waals surface area contributed by atoms with Crippen LogP contribution in [-0.4, -0.2) is 54.7 Å². The Hall–Kier alpha value is -2.93. The number of carbonyl (C=O) groups excluding carboxylic acids is 2. The first-order valence-corrected chi connectivity index (χ1v) is 8.54. The minimum absolute atomic E-state index is 0.0311. The van der Waals surface area contributed by atoms with Gasteiger partial charge in [-0.2, -0.15) is 0 Å². The van der Waals surface area contributed by atoms with Crippen LogP contribution >= 0.6 is 0 Å². The lowest BCUT2D eigenvalue weighted by molar-refractivity contribution is 0.0303. The SMILES string of the molecule is CCOC(=O)c1ccc(Nc2cc(C(=O)N3CCOCC3)ccn2)cc1. The molecule has 0 unspecified atom stereocenters. The third-order valence-electron chi connectivity index (χ3n) is 3.97. The Balaban J connectivity index is 1.68. The number of hydrogen-bond acceptors (Lipinski definition) is 6. The lowest BCUT2D eigenvalue weighted by Gasteiger charge is -2.26. The van der Waals surface area contributed by atoms with Gasteiger partial charge >= 0.3 is 5.97 Å². The van der Waals surface area contributed by atoms with E-state index in [4.69, 9.17) is 9.47 Å². The van der Waals surface area contributed by atoms with Crippen LogP contribution in [0.2, 0.25) is 0 Å². The van der Waals surface area contributed by atoms with Gasteiger partial charge in [-0.05, 0) is 43.3 Å². The van der Waals surface area contributed by atoms with E-state index >= 15 is 0 Å². The second-order valence-electron chi connectivity index (χ2n) is 5.76. The maximum Gasteiger partial charge on any atom is 0.338 e. The molecule has 26 heavy (non-hydrogen) atoms. The number of hydrogen-bond donors (Lipinski definition) is 1. The summed E-state index contributed by atoms with van der Waals surface area (Å²) >= 11 is 0. The van der Waals surface area contributed by atoms with Crippen molar-refractivity contribution in [1.82, 2.24) is 9.88 Å². The molecule has 0 radical (unpaired) electrons. The molecule has 2 aromatic rings. The zero-order valence-corrected chi connectivity index (χ0v) is 14.6. The number of amides is 1. The average molecular weight is 355 g/mol. The number of morpholine rings is 1. The summed E-state index contributed by atoms with van der Waals surface area (Å²) in [5.74, 6) is 0.180. The predicted octanol–water partition coefficient (Wildman–Crippen LogP) is 2.47. The maximum absolute atomic E-state index is 12.5. The van der Waals surface area contributed by atoms with Gasteiger partial charge in [0, 0.05) is 30.5 Å². The first-order valence-electron chi connectivity index (χ1n) is 8.54. The number of rotatable bonds is 5. The van der Waals surface area contributed by atoms with Gasteiger partial charge in [-0.25, -0.2) is 9.78 Å². The third kappa shape index (κ3) is 4.37. The Morgan fingerprint density at radius 2 is 1.88 bits per heavy atom. The molecule has 1 aromatic carbocycles. The number of pyridine rings is 1. The fourth-order valence-corrected chi connectivity index (χ4v) is 2.63. The van der Waals surface area contributed by atoms with E-state index in [-0.39, 0.29) is 11.9 Å². The van der Waals surface area contributed by atoms with Crippen LogP contribution in [0, 0.1) is 0 Å². The molecule has 1 aromatic heterocycles. The van der Waals surface area contributed by atoms with E-state index in [9.17, 15) is 9.59 Å². The number of ether oxygens (including phenoxy) is 2. The Labute approximate surface area is 151 Å². The highest BCUT2D eigenvalue weighted by atomic mass is 16.5. The highest BCUT2D eigenvalue weighted by Gasteiger charge is 2.18. The summed E-state index contributed by atoms with van der Waals surface area (Å²) in [6, 6.07) is 10.3. The number of esters is 1. The first-order chi connectivity index (χ1) is 12.7. The molecule has 1 N–H and O–H groups in total. The normalized spacial score (nSPS) is 14.0. The van der Waals surface area contributed by atoms with E-state index in [1.807, 2.05) is 0 Å². The summed E-state index contributed by atoms with van der Waals surface area (Å²) in [5, 5.41) is 3.14. The maximum atomic E-state index is 12.5. The summed E-state index contributed by atoms with van der Waals surface area (Å²) in [6.07, 6.45) is 1.60.